The maximum Gasteiger partial charge on any atom is 0.0891 e. The van der Waals surface area contributed by atoms with Gasteiger partial charge in [0, 0.05) is 9.52 Å². The fourth-order valence-corrected chi connectivity index (χ4v) is 2.62. The van der Waals surface area contributed by atoms with Gasteiger partial charge in [-0.2, -0.15) is 0 Å². The topological polar surface area (TPSA) is 0 Å². The number of hydrogen-bond acceptors (Lipinski definition) is 0. The Hall–Kier alpha value is 0.147. The lowest BCUT2D eigenvalue weighted by Gasteiger charge is -1.94. The van der Waals surface area contributed by atoms with E-state index >= 15 is 0 Å². The van der Waals surface area contributed by atoms with E-state index in [1.807, 2.05) is 0 Å². The van der Waals surface area contributed by atoms with Gasteiger partial charge < -0.3 is 0 Å². The van der Waals surface area contributed by atoms with Crippen LogP contribution in [-0.4, -0.2) is 16.2 Å². The molecule has 0 saturated carbocycles. The Kier molecular flexibility index (Phi) is 8.28. The van der Waals surface area contributed by atoms with Crippen LogP contribution in [0.5, 0.6) is 0 Å². The van der Waals surface area contributed by atoms with Crippen molar-refractivity contribution in [3.8, 4) is 0 Å². The molecule has 0 spiro atoms. The summed E-state index contributed by atoms with van der Waals surface area (Å²) in [4.78, 5) is 0. The third kappa shape index (κ3) is 8.15. The van der Waals surface area contributed by atoms with Gasteiger partial charge >= 0.3 is 0 Å². The summed E-state index contributed by atoms with van der Waals surface area (Å²) >= 11 is 0. The Labute approximate surface area is 59.7 Å². The maximum atomic E-state index is 11.5. The molecule has 0 bridgehead atoms. The molecule has 0 aliphatic carbocycles. The van der Waals surface area contributed by atoms with Crippen molar-refractivity contribution in [3.05, 3.63) is 0 Å². The van der Waals surface area contributed by atoms with Crippen LogP contribution in [0.15, 0.2) is 0 Å². The monoisotopic (exact) mass is 148 g/mol. The predicted molar refractivity (Wildman–Crippen MR) is 43.7 cm³/mol. The number of unbranched alkanes of at least 4 members (excludes halogenated alkanes) is 1. The quantitative estimate of drug-likeness (QED) is 0.400. The van der Waals surface area contributed by atoms with E-state index in [0.717, 1.165) is 6.42 Å². The maximum absolute atomic E-state index is 11.5. The molecule has 0 aliphatic heterocycles. The van der Waals surface area contributed by atoms with Crippen LogP contribution >= 0.6 is 0 Å². The minimum absolute atomic E-state index is 0.0981. The third-order valence-corrected chi connectivity index (χ3v) is 3.49. The van der Waals surface area contributed by atoms with Crippen LogP contribution in [0.4, 0.5) is 4.39 Å². The zero-order chi connectivity index (χ0) is 6.95. The van der Waals surface area contributed by atoms with Crippen molar-refractivity contribution in [1.82, 2.24) is 0 Å². The molecule has 2 heteroatoms. The van der Waals surface area contributed by atoms with Gasteiger partial charge in [0.05, 0.1) is 6.67 Å². The summed E-state index contributed by atoms with van der Waals surface area (Å²) in [7, 11) is 0.149. The molecule has 0 aromatic heterocycles. The second kappa shape index (κ2) is 8.15. The molecule has 0 saturated heterocycles. The lowest BCUT2D eigenvalue weighted by Crippen LogP contribution is -1.88. The third-order valence-electron chi connectivity index (χ3n) is 1.49. The molecule has 9 heavy (non-hydrogen) atoms. The Bertz CT molecular complexity index is 42.2. The van der Waals surface area contributed by atoms with Gasteiger partial charge in [0.1, 0.15) is 0 Å². The molecular weight excluding hydrogens is 131 g/mol. The first-order valence-electron chi connectivity index (χ1n) is 3.97. The number of rotatable bonds is 6. The van der Waals surface area contributed by atoms with Gasteiger partial charge in [-0.05, 0) is 6.42 Å². The molecule has 0 rings (SSSR count). The Morgan fingerprint density at radius 3 is 2.44 bits per heavy atom. The molecule has 0 atom stereocenters. The Morgan fingerprint density at radius 2 is 1.89 bits per heavy atom. The van der Waals surface area contributed by atoms with E-state index in [1.165, 1.54) is 24.9 Å². The summed E-state index contributed by atoms with van der Waals surface area (Å²) in [6, 6.07) is 2.65. The summed E-state index contributed by atoms with van der Waals surface area (Å²) in [5.74, 6) is 0. The van der Waals surface area contributed by atoms with Crippen LogP contribution in [0.25, 0.3) is 0 Å². The van der Waals surface area contributed by atoms with Gasteiger partial charge in [-0.3, -0.25) is 4.39 Å². The fourth-order valence-electron chi connectivity index (χ4n) is 0.875. The molecule has 0 heterocycles. The van der Waals surface area contributed by atoms with Crippen LogP contribution < -0.4 is 0 Å². The largest absolute Gasteiger partial charge is 0.251 e. The van der Waals surface area contributed by atoms with Gasteiger partial charge in [0.2, 0.25) is 0 Å². The van der Waals surface area contributed by atoms with Crippen molar-refractivity contribution < 1.29 is 4.39 Å². The van der Waals surface area contributed by atoms with E-state index in [2.05, 4.69) is 6.92 Å². The average Bonchev–Trinajstić information content (AvgIpc) is 1.89. The van der Waals surface area contributed by atoms with Gasteiger partial charge in [-0.25, -0.2) is 0 Å². The molecule has 0 nitrogen and oxygen atoms in total. The fraction of sp³-hybridized carbons (Fsp3) is 1.00. The zero-order valence-electron chi connectivity index (χ0n) is 6.33. The average molecular weight is 148 g/mol. The first kappa shape index (κ1) is 9.15. The highest BCUT2D eigenvalue weighted by molar-refractivity contribution is 6.35. The summed E-state index contributed by atoms with van der Waals surface area (Å²) in [5.41, 5.74) is 0. The first-order valence-corrected chi connectivity index (χ1v) is 5.97. The normalized spacial score (nSPS) is 11.3. The molecule has 56 valence electrons. The minimum atomic E-state index is -0.0981. The van der Waals surface area contributed by atoms with Crippen molar-refractivity contribution in [2.75, 3.05) is 6.67 Å². The van der Waals surface area contributed by atoms with Gasteiger partial charge in [-0.15, -0.1) is 0 Å². The molecule has 0 unspecified atom stereocenters. The Balaban J connectivity index is 2.60. The smallest absolute Gasteiger partial charge is 0.0891 e. The van der Waals surface area contributed by atoms with Crippen molar-refractivity contribution in [2.24, 2.45) is 0 Å². The van der Waals surface area contributed by atoms with E-state index in [4.69, 9.17) is 0 Å². The number of halogens is 1. The van der Waals surface area contributed by atoms with Crippen LogP contribution in [0.3, 0.4) is 0 Å². The Morgan fingerprint density at radius 1 is 1.22 bits per heavy atom. The SMILES string of the molecule is CCCC[SiH2]CCCF. The highest BCUT2D eigenvalue weighted by Gasteiger charge is 1.88. The molecule has 0 N–H and O–H groups in total. The molecule has 0 aromatic rings. The summed E-state index contributed by atoms with van der Waals surface area (Å²) < 4.78 is 11.5. The van der Waals surface area contributed by atoms with Crippen LogP contribution in [0.1, 0.15) is 26.2 Å². The van der Waals surface area contributed by atoms with Crippen LogP contribution in [0, 0.1) is 0 Å². The molecule has 0 aromatic carbocycles. The number of alkyl halides is 1. The van der Waals surface area contributed by atoms with Gasteiger partial charge in [0.25, 0.3) is 0 Å². The molecule has 0 amide bonds. The van der Waals surface area contributed by atoms with Crippen LogP contribution in [0.2, 0.25) is 12.1 Å². The lowest BCUT2D eigenvalue weighted by atomic mass is 10.4. The summed E-state index contributed by atoms with van der Waals surface area (Å²) in [5, 5.41) is 0. The van der Waals surface area contributed by atoms with E-state index < -0.39 is 0 Å². The number of hydrogen-bond donors (Lipinski definition) is 0. The predicted octanol–water partition coefficient (Wildman–Crippen LogP) is 2.15. The van der Waals surface area contributed by atoms with E-state index in [-0.39, 0.29) is 16.2 Å². The lowest BCUT2D eigenvalue weighted by molar-refractivity contribution is 0.486. The standard InChI is InChI=1S/C7H17FSi/c1-2-3-6-9-7-4-5-8/h2-7,9H2,1H3. The first-order chi connectivity index (χ1) is 4.41. The summed E-state index contributed by atoms with van der Waals surface area (Å²) in [6.07, 6.45) is 3.51. The second-order valence-electron chi connectivity index (χ2n) is 2.46. The molecule has 0 radical (unpaired) electrons. The molecular formula is C7H17FSi. The second-order valence-corrected chi connectivity index (χ2v) is 4.58. The van der Waals surface area contributed by atoms with Gasteiger partial charge in [0.15, 0.2) is 0 Å². The van der Waals surface area contributed by atoms with Crippen molar-refractivity contribution in [3.63, 3.8) is 0 Å². The van der Waals surface area contributed by atoms with Crippen molar-refractivity contribution >= 4 is 9.52 Å². The van der Waals surface area contributed by atoms with E-state index in [9.17, 15) is 4.39 Å². The van der Waals surface area contributed by atoms with Crippen molar-refractivity contribution in [1.29, 1.82) is 0 Å². The highest BCUT2D eigenvalue weighted by atomic mass is 28.2. The molecule has 0 aliphatic rings. The van der Waals surface area contributed by atoms with Crippen LogP contribution in [-0.2, 0) is 0 Å². The van der Waals surface area contributed by atoms with Crippen molar-refractivity contribution in [2.45, 2.75) is 38.3 Å². The van der Waals surface area contributed by atoms with E-state index in [0.29, 0.717) is 0 Å². The zero-order valence-corrected chi connectivity index (χ0v) is 7.74. The summed E-state index contributed by atoms with van der Waals surface area (Å²) in [6.45, 7) is 2.11. The molecule has 0 fully saturated rings. The highest BCUT2D eigenvalue weighted by Crippen LogP contribution is 1.98. The van der Waals surface area contributed by atoms with Gasteiger partial charge in [-0.1, -0.05) is 31.9 Å². The minimum Gasteiger partial charge on any atom is -0.251 e. The van der Waals surface area contributed by atoms with E-state index in [1.54, 1.807) is 0 Å².